The van der Waals surface area contributed by atoms with E-state index in [1.807, 2.05) is 60.7 Å². The second kappa shape index (κ2) is 7.78. The Balaban J connectivity index is 1.89. The quantitative estimate of drug-likeness (QED) is 0.707. The van der Waals surface area contributed by atoms with Gasteiger partial charge in [-0.05, 0) is 23.4 Å². The number of ether oxygens (including phenoxy) is 1. The van der Waals surface area contributed by atoms with Crippen molar-refractivity contribution in [3.8, 4) is 0 Å². The maximum absolute atomic E-state index is 13.0. The van der Waals surface area contributed by atoms with Gasteiger partial charge in [-0.2, -0.15) is 0 Å². The summed E-state index contributed by atoms with van der Waals surface area (Å²) in [4.78, 5) is 0.291. The first kappa shape index (κ1) is 17.6. The van der Waals surface area contributed by atoms with Crippen molar-refractivity contribution in [2.45, 2.75) is 17.4 Å². The van der Waals surface area contributed by atoms with E-state index in [4.69, 9.17) is 4.74 Å². The van der Waals surface area contributed by atoms with Gasteiger partial charge in [-0.3, -0.25) is 0 Å². The summed E-state index contributed by atoms with van der Waals surface area (Å²) < 4.78 is 33.9. The molecular weight excluding hydrogens is 334 g/mol. The molecule has 0 saturated carbocycles. The van der Waals surface area contributed by atoms with E-state index in [-0.39, 0.29) is 6.04 Å². The van der Waals surface area contributed by atoms with Crippen LogP contribution in [0.1, 0.15) is 5.56 Å². The lowest BCUT2D eigenvalue weighted by Gasteiger charge is -2.19. The standard InChI is InChI=1S/C20H21NO3S/c1-24-15-18(14-16-8-3-2-4-9-16)21-25(22,23)20-13-7-11-17-10-5-6-12-19(17)20/h2-13,18,21H,14-15H2,1H3. The number of benzene rings is 3. The number of rotatable bonds is 7. The first-order valence-electron chi connectivity index (χ1n) is 8.13. The molecule has 3 aromatic carbocycles. The smallest absolute Gasteiger partial charge is 0.241 e. The van der Waals surface area contributed by atoms with Crippen molar-refractivity contribution in [3.05, 3.63) is 78.4 Å². The number of methoxy groups -OCH3 is 1. The molecule has 3 aromatic rings. The van der Waals surface area contributed by atoms with Crippen LogP contribution in [-0.4, -0.2) is 28.2 Å². The molecule has 130 valence electrons. The Labute approximate surface area is 148 Å². The van der Waals surface area contributed by atoms with Crippen LogP contribution in [0, 0.1) is 0 Å². The monoisotopic (exact) mass is 355 g/mol. The molecule has 4 nitrogen and oxygen atoms in total. The van der Waals surface area contributed by atoms with E-state index in [9.17, 15) is 8.42 Å². The molecule has 0 heterocycles. The SMILES string of the molecule is COCC(Cc1ccccc1)NS(=O)(=O)c1cccc2ccccc12. The normalized spacial score (nSPS) is 13.0. The summed E-state index contributed by atoms with van der Waals surface area (Å²) >= 11 is 0. The fourth-order valence-electron chi connectivity index (χ4n) is 2.95. The molecule has 1 N–H and O–H groups in total. The van der Waals surface area contributed by atoms with E-state index in [1.54, 1.807) is 19.2 Å². The molecule has 0 aliphatic carbocycles. The van der Waals surface area contributed by atoms with E-state index in [0.29, 0.717) is 23.3 Å². The van der Waals surface area contributed by atoms with Crippen molar-refractivity contribution in [3.63, 3.8) is 0 Å². The lowest BCUT2D eigenvalue weighted by molar-refractivity contribution is 0.174. The fraction of sp³-hybridized carbons (Fsp3) is 0.200. The number of nitrogens with one attached hydrogen (secondary N) is 1. The van der Waals surface area contributed by atoms with Crippen molar-refractivity contribution < 1.29 is 13.2 Å². The topological polar surface area (TPSA) is 55.4 Å². The largest absolute Gasteiger partial charge is 0.383 e. The zero-order chi connectivity index (χ0) is 17.7. The summed E-state index contributed by atoms with van der Waals surface area (Å²) in [5.41, 5.74) is 1.06. The van der Waals surface area contributed by atoms with Gasteiger partial charge in [-0.1, -0.05) is 66.7 Å². The molecule has 1 unspecified atom stereocenters. The van der Waals surface area contributed by atoms with Gasteiger partial charge in [0.15, 0.2) is 0 Å². The molecule has 25 heavy (non-hydrogen) atoms. The van der Waals surface area contributed by atoms with E-state index in [0.717, 1.165) is 10.9 Å². The average molecular weight is 355 g/mol. The second-order valence-corrected chi connectivity index (χ2v) is 7.62. The third-order valence-corrected chi connectivity index (χ3v) is 5.63. The summed E-state index contributed by atoms with van der Waals surface area (Å²) in [5, 5.41) is 1.62. The van der Waals surface area contributed by atoms with Crippen LogP contribution in [0.15, 0.2) is 77.7 Å². The zero-order valence-corrected chi connectivity index (χ0v) is 14.9. The van der Waals surface area contributed by atoms with Crippen molar-refractivity contribution in [1.29, 1.82) is 0 Å². The van der Waals surface area contributed by atoms with Crippen LogP contribution in [0.25, 0.3) is 10.8 Å². The first-order valence-corrected chi connectivity index (χ1v) is 9.61. The molecule has 0 bridgehead atoms. The van der Waals surface area contributed by atoms with Gasteiger partial charge in [0.2, 0.25) is 10.0 Å². The van der Waals surface area contributed by atoms with Gasteiger partial charge in [-0.25, -0.2) is 13.1 Å². The number of fused-ring (bicyclic) bond motifs is 1. The van der Waals surface area contributed by atoms with E-state index in [1.165, 1.54) is 0 Å². The summed E-state index contributed by atoms with van der Waals surface area (Å²) in [7, 11) is -2.08. The van der Waals surface area contributed by atoms with Gasteiger partial charge in [0.05, 0.1) is 11.5 Å². The summed E-state index contributed by atoms with van der Waals surface area (Å²) in [6.07, 6.45) is 0.568. The molecule has 0 aromatic heterocycles. The Hall–Kier alpha value is -2.21. The minimum atomic E-state index is -3.66. The fourth-order valence-corrected chi connectivity index (χ4v) is 4.40. The van der Waals surface area contributed by atoms with Crippen LogP contribution in [0.2, 0.25) is 0 Å². The van der Waals surface area contributed by atoms with Gasteiger partial charge < -0.3 is 4.74 Å². The molecule has 5 heteroatoms. The van der Waals surface area contributed by atoms with Gasteiger partial charge in [0.1, 0.15) is 0 Å². The highest BCUT2D eigenvalue weighted by Gasteiger charge is 2.22. The summed E-state index contributed by atoms with van der Waals surface area (Å²) in [6.45, 7) is 0.304. The number of hydrogen-bond donors (Lipinski definition) is 1. The Kier molecular flexibility index (Phi) is 5.48. The molecule has 0 fully saturated rings. The average Bonchev–Trinajstić information content (AvgIpc) is 2.62. The summed E-state index contributed by atoms with van der Waals surface area (Å²) in [5.74, 6) is 0. The molecular formula is C20H21NO3S. The summed E-state index contributed by atoms with van der Waals surface area (Å²) in [6, 6.07) is 22.2. The van der Waals surface area contributed by atoms with Gasteiger partial charge in [0, 0.05) is 18.5 Å². The van der Waals surface area contributed by atoms with Crippen molar-refractivity contribution >= 4 is 20.8 Å². The molecule has 0 aliphatic heterocycles. The molecule has 1 atom stereocenters. The van der Waals surface area contributed by atoms with E-state index < -0.39 is 10.0 Å². The van der Waals surface area contributed by atoms with Gasteiger partial charge >= 0.3 is 0 Å². The molecule has 0 saturated heterocycles. The van der Waals surface area contributed by atoms with Crippen LogP contribution in [0.5, 0.6) is 0 Å². The van der Waals surface area contributed by atoms with Crippen molar-refractivity contribution in [2.75, 3.05) is 13.7 Å². The third-order valence-electron chi connectivity index (χ3n) is 4.05. The lowest BCUT2D eigenvalue weighted by atomic mass is 10.1. The highest BCUT2D eigenvalue weighted by molar-refractivity contribution is 7.89. The second-order valence-electron chi connectivity index (χ2n) is 5.94. The maximum atomic E-state index is 13.0. The van der Waals surface area contributed by atoms with Gasteiger partial charge in [0.25, 0.3) is 0 Å². The molecule has 0 radical (unpaired) electrons. The molecule has 0 amide bonds. The first-order chi connectivity index (χ1) is 12.1. The van der Waals surface area contributed by atoms with Crippen LogP contribution < -0.4 is 4.72 Å². The van der Waals surface area contributed by atoms with E-state index in [2.05, 4.69) is 4.72 Å². The van der Waals surface area contributed by atoms with Crippen LogP contribution in [-0.2, 0) is 21.2 Å². The highest BCUT2D eigenvalue weighted by atomic mass is 32.2. The van der Waals surface area contributed by atoms with Crippen molar-refractivity contribution in [2.24, 2.45) is 0 Å². The minimum absolute atomic E-state index is 0.291. The molecule has 0 aliphatic rings. The minimum Gasteiger partial charge on any atom is -0.383 e. The van der Waals surface area contributed by atoms with Gasteiger partial charge in [-0.15, -0.1) is 0 Å². The predicted octanol–water partition coefficient (Wildman–Crippen LogP) is 3.38. The Morgan fingerprint density at radius 1 is 0.920 bits per heavy atom. The molecule has 0 spiro atoms. The van der Waals surface area contributed by atoms with Crippen LogP contribution in [0.3, 0.4) is 0 Å². The number of sulfonamides is 1. The zero-order valence-electron chi connectivity index (χ0n) is 14.1. The Morgan fingerprint density at radius 2 is 1.60 bits per heavy atom. The van der Waals surface area contributed by atoms with Crippen molar-refractivity contribution in [1.82, 2.24) is 4.72 Å². The Morgan fingerprint density at radius 3 is 2.36 bits per heavy atom. The number of hydrogen-bond acceptors (Lipinski definition) is 3. The maximum Gasteiger partial charge on any atom is 0.241 e. The molecule has 3 rings (SSSR count). The van der Waals surface area contributed by atoms with Crippen LogP contribution in [0.4, 0.5) is 0 Å². The third kappa shape index (κ3) is 4.25. The van der Waals surface area contributed by atoms with E-state index >= 15 is 0 Å². The predicted molar refractivity (Wildman–Crippen MR) is 100 cm³/mol. The Bertz CT molecular complexity index is 934. The lowest BCUT2D eigenvalue weighted by Crippen LogP contribution is -2.39. The van der Waals surface area contributed by atoms with Crippen LogP contribution >= 0.6 is 0 Å². The highest BCUT2D eigenvalue weighted by Crippen LogP contribution is 2.23.